The van der Waals surface area contributed by atoms with Gasteiger partial charge in [-0.15, -0.1) is 0 Å². The van der Waals surface area contributed by atoms with E-state index in [1.54, 1.807) is 13.2 Å². The van der Waals surface area contributed by atoms with Crippen LogP contribution in [0.2, 0.25) is 0 Å². The number of esters is 1. The smallest absolute Gasteiger partial charge is 0.410 e. The second-order valence-corrected chi connectivity index (χ2v) is 9.98. The van der Waals surface area contributed by atoms with Crippen molar-refractivity contribution in [3.63, 3.8) is 0 Å². The van der Waals surface area contributed by atoms with Crippen LogP contribution in [0.5, 0.6) is 0 Å². The maximum atomic E-state index is 13.2. The molecule has 0 aliphatic heterocycles. The summed E-state index contributed by atoms with van der Waals surface area (Å²) >= 11 is 0. The van der Waals surface area contributed by atoms with Crippen LogP contribution < -0.4 is 0 Å². The molecule has 1 aliphatic carbocycles. The molecule has 182 valence electrons. The molecule has 0 saturated carbocycles. The molecule has 1 aliphatic rings. The first kappa shape index (κ1) is 24.5. The minimum Gasteiger partial charge on any atom is -0.458 e. The molecule has 0 radical (unpaired) electrons. The van der Waals surface area contributed by atoms with Crippen LogP contribution in [-0.4, -0.2) is 47.2 Å². The summed E-state index contributed by atoms with van der Waals surface area (Å²) in [6.07, 6.45) is 1.43. The summed E-state index contributed by atoms with van der Waals surface area (Å²) in [5.74, 6) is -0.532. The van der Waals surface area contributed by atoms with Gasteiger partial charge in [0, 0.05) is 31.3 Å². The maximum absolute atomic E-state index is 13.2. The van der Waals surface area contributed by atoms with Gasteiger partial charge >= 0.3 is 12.1 Å². The third-order valence-corrected chi connectivity index (χ3v) is 6.17. The van der Waals surface area contributed by atoms with E-state index in [0.717, 1.165) is 33.5 Å². The molecule has 1 unspecified atom stereocenters. The predicted molar refractivity (Wildman–Crippen MR) is 135 cm³/mol. The van der Waals surface area contributed by atoms with Crippen molar-refractivity contribution >= 4 is 12.1 Å². The van der Waals surface area contributed by atoms with Crippen molar-refractivity contribution < 1.29 is 19.1 Å². The number of likely N-dealkylation sites (N-methyl/N-ethyl adjacent to an activating group) is 1. The number of hydrogen-bond donors (Lipinski definition) is 0. The summed E-state index contributed by atoms with van der Waals surface area (Å²) in [5.41, 5.74) is 5.64. The Labute approximate surface area is 206 Å². The topological polar surface area (TPSA) is 68.7 Å². The van der Waals surface area contributed by atoms with Crippen molar-refractivity contribution in [1.29, 1.82) is 0 Å². The number of carbonyl (C=O) groups is 2. The van der Waals surface area contributed by atoms with Crippen molar-refractivity contribution in [1.82, 2.24) is 9.88 Å². The highest BCUT2D eigenvalue weighted by atomic mass is 16.6. The van der Waals surface area contributed by atoms with Crippen molar-refractivity contribution in [2.45, 2.75) is 51.7 Å². The molecule has 0 saturated heterocycles. The van der Waals surface area contributed by atoms with E-state index in [-0.39, 0.29) is 18.9 Å². The van der Waals surface area contributed by atoms with E-state index in [2.05, 4.69) is 29.2 Å². The first-order chi connectivity index (χ1) is 16.6. The van der Waals surface area contributed by atoms with Gasteiger partial charge in [0.05, 0.1) is 0 Å². The van der Waals surface area contributed by atoms with Gasteiger partial charge in [0.15, 0.2) is 0 Å². The lowest BCUT2D eigenvalue weighted by molar-refractivity contribution is -0.160. The predicted octanol–water partition coefficient (Wildman–Crippen LogP) is 5.52. The molecular weight excluding hydrogens is 440 g/mol. The van der Waals surface area contributed by atoms with Crippen molar-refractivity contribution in [3.05, 3.63) is 89.2 Å². The van der Waals surface area contributed by atoms with Gasteiger partial charge in [-0.1, -0.05) is 54.6 Å². The second-order valence-electron chi connectivity index (χ2n) is 9.98. The molecule has 1 aromatic heterocycles. The number of nitrogens with zero attached hydrogens (tertiary/aromatic N) is 2. The monoisotopic (exact) mass is 472 g/mol. The minimum absolute atomic E-state index is 0.0546. The zero-order chi connectivity index (χ0) is 25.2. The van der Waals surface area contributed by atoms with Gasteiger partial charge in [-0.05, 0) is 61.6 Å². The second kappa shape index (κ2) is 9.90. The van der Waals surface area contributed by atoms with E-state index in [4.69, 9.17) is 9.47 Å². The highest BCUT2D eigenvalue weighted by Gasteiger charge is 2.34. The van der Waals surface area contributed by atoms with Gasteiger partial charge in [0.25, 0.3) is 0 Å². The molecular formula is C29H32N2O4. The number of aryl methyl sites for hydroxylation is 1. The Hall–Kier alpha value is -3.67. The SMILES string of the molecule is Cc1ccc(CC(C(=O)OC(C)(C)C)N(C)C(=O)OCC2c3ccccc3-c3ccccc32)cn1. The Balaban J connectivity index is 1.51. The standard InChI is InChI=1S/C29H32N2O4/c1-19-14-15-20(17-30-19)16-26(27(32)35-29(2,3)4)31(5)28(33)34-18-25-23-12-8-6-10-21(23)22-11-7-9-13-24(22)25/h6-15,17,25-26H,16,18H2,1-5H3. The summed E-state index contributed by atoms with van der Waals surface area (Å²) in [7, 11) is 1.58. The highest BCUT2D eigenvalue weighted by Crippen LogP contribution is 2.44. The van der Waals surface area contributed by atoms with Gasteiger partial charge in [-0.2, -0.15) is 0 Å². The van der Waals surface area contributed by atoms with Crippen LogP contribution in [0, 0.1) is 6.92 Å². The van der Waals surface area contributed by atoms with Crippen molar-refractivity contribution in [2.24, 2.45) is 0 Å². The Morgan fingerprint density at radius 1 is 0.971 bits per heavy atom. The van der Waals surface area contributed by atoms with Crippen LogP contribution in [-0.2, 0) is 20.7 Å². The summed E-state index contributed by atoms with van der Waals surface area (Å²) in [6.45, 7) is 7.51. The number of ether oxygens (including phenoxy) is 2. The lowest BCUT2D eigenvalue weighted by Gasteiger charge is -2.30. The molecule has 0 bridgehead atoms. The number of rotatable bonds is 6. The molecule has 6 heteroatoms. The quantitative estimate of drug-likeness (QED) is 0.442. The lowest BCUT2D eigenvalue weighted by Crippen LogP contribution is -2.47. The Kier molecular flexibility index (Phi) is 6.92. The number of carbonyl (C=O) groups excluding carboxylic acids is 2. The molecule has 35 heavy (non-hydrogen) atoms. The van der Waals surface area contributed by atoms with E-state index >= 15 is 0 Å². The van der Waals surface area contributed by atoms with Gasteiger partial charge in [0.1, 0.15) is 18.2 Å². The largest absolute Gasteiger partial charge is 0.458 e. The molecule has 0 fully saturated rings. The molecule has 1 amide bonds. The van der Waals surface area contributed by atoms with Crippen LogP contribution in [0.3, 0.4) is 0 Å². The highest BCUT2D eigenvalue weighted by molar-refractivity contribution is 5.82. The average molecular weight is 473 g/mol. The first-order valence-electron chi connectivity index (χ1n) is 11.9. The molecule has 4 rings (SSSR count). The number of fused-ring (bicyclic) bond motifs is 3. The third kappa shape index (κ3) is 5.53. The van der Waals surface area contributed by atoms with Crippen LogP contribution in [0.15, 0.2) is 66.9 Å². The molecule has 1 atom stereocenters. The zero-order valence-corrected chi connectivity index (χ0v) is 20.9. The normalized spacial score (nSPS) is 13.5. The summed E-state index contributed by atoms with van der Waals surface area (Å²) < 4.78 is 11.4. The summed E-state index contributed by atoms with van der Waals surface area (Å²) in [4.78, 5) is 31.9. The zero-order valence-electron chi connectivity index (χ0n) is 20.9. The summed E-state index contributed by atoms with van der Waals surface area (Å²) in [6, 6.07) is 19.3. The first-order valence-corrected chi connectivity index (χ1v) is 11.9. The molecule has 3 aromatic rings. The van der Waals surface area contributed by atoms with Gasteiger partial charge in [0.2, 0.25) is 0 Å². The third-order valence-electron chi connectivity index (χ3n) is 6.17. The fourth-order valence-electron chi connectivity index (χ4n) is 4.41. The number of aromatic nitrogens is 1. The fraction of sp³-hybridized carbons (Fsp3) is 0.345. The molecule has 1 heterocycles. The van der Waals surface area contributed by atoms with Crippen molar-refractivity contribution in [2.75, 3.05) is 13.7 Å². The molecule has 0 N–H and O–H groups in total. The summed E-state index contributed by atoms with van der Waals surface area (Å²) in [5, 5.41) is 0. The maximum Gasteiger partial charge on any atom is 0.410 e. The number of hydrogen-bond acceptors (Lipinski definition) is 5. The van der Waals surface area contributed by atoms with E-state index in [0.29, 0.717) is 0 Å². The van der Waals surface area contributed by atoms with Crippen LogP contribution in [0.25, 0.3) is 11.1 Å². The van der Waals surface area contributed by atoms with Gasteiger partial charge in [-0.3, -0.25) is 9.88 Å². The molecule has 6 nitrogen and oxygen atoms in total. The molecule has 2 aromatic carbocycles. The molecule has 0 spiro atoms. The van der Waals surface area contributed by atoms with E-state index in [1.807, 2.05) is 64.1 Å². The fourth-order valence-corrected chi connectivity index (χ4v) is 4.41. The van der Waals surface area contributed by atoms with Crippen LogP contribution in [0.4, 0.5) is 4.79 Å². The Morgan fingerprint density at radius 3 is 2.11 bits per heavy atom. The minimum atomic E-state index is -0.839. The van der Waals surface area contributed by atoms with E-state index < -0.39 is 23.7 Å². The number of pyridine rings is 1. The van der Waals surface area contributed by atoms with Gasteiger partial charge in [-0.25, -0.2) is 9.59 Å². The van der Waals surface area contributed by atoms with E-state index in [9.17, 15) is 9.59 Å². The Morgan fingerprint density at radius 2 is 1.57 bits per heavy atom. The van der Waals surface area contributed by atoms with E-state index in [1.165, 1.54) is 4.90 Å². The number of benzene rings is 2. The van der Waals surface area contributed by atoms with Gasteiger partial charge < -0.3 is 9.47 Å². The number of amides is 1. The van der Waals surface area contributed by atoms with Crippen LogP contribution >= 0.6 is 0 Å². The Bertz CT molecular complexity index is 1170. The van der Waals surface area contributed by atoms with Crippen molar-refractivity contribution in [3.8, 4) is 11.1 Å². The lowest BCUT2D eigenvalue weighted by atomic mass is 9.98. The van der Waals surface area contributed by atoms with Crippen LogP contribution in [0.1, 0.15) is 49.1 Å². The average Bonchev–Trinajstić information content (AvgIpc) is 3.14.